The van der Waals surface area contributed by atoms with Crippen molar-refractivity contribution in [3.63, 3.8) is 0 Å². The lowest BCUT2D eigenvalue weighted by Gasteiger charge is -2.05. The molecule has 5 heteroatoms. The Morgan fingerprint density at radius 3 is 2.83 bits per heavy atom. The molecule has 118 valence electrons. The number of carbonyl (C=O) groups is 1. The molecule has 0 saturated carbocycles. The van der Waals surface area contributed by atoms with E-state index in [1.54, 1.807) is 7.11 Å². The molecular formula is C18H19N3O2. The number of benzene rings is 2. The number of ether oxygens (including phenoxy) is 1. The Labute approximate surface area is 134 Å². The van der Waals surface area contributed by atoms with E-state index in [2.05, 4.69) is 15.5 Å². The van der Waals surface area contributed by atoms with Gasteiger partial charge in [-0.25, -0.2) is 0 Å². The summed E-state index contributed by atoms with van der Waals surface area (Å²) in [4.78, 5) is 11.7. The summed E-state index contributed by atoms with van der Waals surface area (Å²) in [5, 5.41) is 10.9. The first-order chi connectivity index (χ1) is 11.2. The molecule has 2 N–H and O–H groups in total. The lowest BCUT2D eigenvalue weighted by Crippen LogP contribution is -2.10. The van der Waals surface area contributed by atoms with Gasteiger partial charge in [-0.2, -0.15) is 5.10 Å². The number of methoxy groups -OCH3 is 1. The van der Waals surface area contributed by atoms with E-state index in [1.807, 2.05) is 49.4 Å². The maximum absolute atomic E-state index is 11.7. The molecule has 0 aliphatic heterocycles. The summed E-state index contributed by atoms with van der Waals surface area (Å²) in [6.07, 6.45) is 1.31. The summed E-state index contributed by atoms with van der Waals surface area (Å²) in [5.41, 5.74) is 3.01. The van der Waals surface area contributed by atoms with Crippen LogP contribution in [-0.4, -0.2) is 23.2 Å². The Balaban J connectivity index is 1.92. The van der Waals surface area contributed by atoms with Crippen LogP contribution in [0.15, 0.2) is 42.5 Å². The van der Waals surface area contributed by atoms with Crippen LogP contribution in [0.2, 0.25) is 0 Å². The molecule has 0 radical (unpaired) electrons. The summed E-state index contributed by atoms with van der Waals surface area (Å²) in [5.74, 6) is 1.38. The lowest BCUT2D eigenvalue weighted by atomic mass is 10.0. The smallest absolute Gasteiger partial charge is 0.225 e. The molecule has 1 amide bonds. The van der Waals surface area contributed by atoms with E-state index in [9.17, 15) is 4.79 Å². The van der Waals surface area contributed by atoms with Gasteiger partial charge in [-0.1, -0.05) is 25.1 Å². The molecule has 1 heterocycles. The van der Waals surface area contributed by atoms with Gasteiger partial charge >= 0.3 is 0 Å². The van der Waals surface area contributed by atoms with E-state index in [4.69, 9.17) is 4.74 Å². The highest BCUT2D eigenvalue weighted by Crippen LogP contribution is 2.28. The Morgan fingerprint density at radius 2 is 2.04 bits per heavy atom. The maximum Gasteiger partial charge on any atom is 0.225 e. The quantitative estimate of drug-likeness (QED) is 0.749. The van der Waals surface area contributed by atoms with Gasteiger partial charge in [0.1, 0.15) is 5.75 Å². The zero-order chi connectivity index (χ0) is 16.2. The van der Waals surface area contributed by atoms with Gasteiger partial charge in [0.2, 0.25) is 5.91 Å². The van der Waals surface area contributed by atoms with Crippen molar-refractivity contribution in [2.45, 2.75) is 19.8 Å². The van der Waals surface area contributed by atoms with E-state index in [-0.39, 0.29) is 5.91 Å². The largest absolute Gasteiger partial charge is 0.497 e. The zero-order valence-electron chi connectivity index (χ0n) is 13.2. The van der Waals surface area contributed by atoms with Crippen molar-refractivity contribution in [3.05, 3.63) is 42.5 Å². The highest BCUT2D eigenvalue weighted by atomic mass is 16.5. The summed E-state index contributed by atoms with van der Waals surface area (Å²) in [7, 11) is 1.66. The van der Waals surface area contributed by atoms with Gasteiger partial charge in [-0.3, -0.25) is 9.89 Å². The first-order valence-electron chi connectivity index (χ1n) is 7.63. The predicted octanol–water partition coefficient (Wildman–Crippen LogP) is 3.98. The summed E-state index contributed by atoms with van der Waals surface area (Å²) in [6, 6.07) is 13.9. The summed E-state index contributed by atoms with van der Waals surface area (Å²) in [6.45, 7) is 1.97. The zero-order valence-corrected chi connectivity index (χ0v) is 13.2. The van der Waals surface area contributed by atoms with Crippen molar-refractivity contribution >= 4 is 22.6 Å². The Morgan fingerprint density at radius 1 is 1.22 bits per heavy atom. The molecule has 2 aromatic carbocycles. The second kappa shape index (κ2) is 6.52. The molecule has 0 aliphatic carbocycles. The van der Waals surface area contributed by atoms with E-state index in [0.29, 0.717) is 12.2 Å². The topological polar surface area (TPSA) is 67.0 Å². The van der Waals surface area contributed by atoms with Crippen LogP contribution in [0.4, 0.5) is 5.82 Å². The molecule has 0 bridgehead atoms. The fraction of sp³-hybridized carbons (Fsp3) is 0.222. The molecule has 0 aliphatic rings. The number of nitrogens with one attached hydrogen (secondary N) is 2. The molecule has 0 atom stereocenters. The van der Waals surface area contributed by atoms with E-state index in [1.165, 1.54) is 0 Å². The van der Waals surface area contributed by atoms with Crippen LogP contribution in [0.5, 0.6) is 5.75 Å². The van der Waals surface area contributed by atoms with E-state index < -0.39 is 0 Å². The third kappa shape index (κ3) is 3.18. The second-order valence-corrected chi connectivity index (χ2v) is 5.36. The number of rotatable bonds is 5. The van der Waals surface area contributed by atoms with E-state index >= 15 is 0 Å². The number of carbonyl (C=O) groups excluding carboxylic acids is 1. The highest BCUT2D eigenvalue weighted by Gasteiger charge is 2.10. The Hall–Kier alpha value is -2.82. The highest BCUT2D eigenvalue weighted by molar-refractivity contribution is 6.00. The van der Waals surface area contributed by atoms with Crippen LogP contribution >= 0.6 is 0 Å². The number of nitrogens with zero attached hydrogens (tertiary/aromatic N) is 1. The van der Waals surface area contributed by atoms with Crippen LogP contribution in [0, 0.1) is 0 Å². The minimum absolute atomic E-state index is 0.0160. The number of fused-ring (bicyclic) bond motifs is 1. The van der Waals surface area contributed by atoms with Crippen LogP contribution < -0.4 is 10.1 Å². The molecule has 23 heavy (non-hydrogen) atoms. The number of hydrogen-bond acceptors (Lipinski definition) is 3. The number of aromatic nitrogens is 2. The predicted molar refractivity (Wildman–Crippen MR) is 91.6 cm³/mol. The van der Waals surface area contributed by atoms with Crippen molar-refractivity contribution in [2.75, 3.05) is 12.4 Å². The van der Waals surface area contributed by atoms with Gasteiger partial charge in [0, 0.05) is 11.8 Å². The van der Waals surface area contributed by atoms with Crippen LogP contribution in [-0.2, 0) is 4.79 Å². The number of H-pyrrole nitrogens is 1. The first-order valence-corrected chi connectivity index (χ1v) is 7.63. The molecule has 0 unspecified atom stereocenters. The minimum Gasteiger partial charge on any atom is -0.497 e. The van der Waals surface area contributed by atoms with Crippen molar-refractivity contribution < 1.29 is 9.53 Å². The molecule has 3 rings (SSSR count). The minimum atomic E-state index is -0.0160. The Kier molecular flexibility index (Phi) is 4.28. The van der Waals surface area contributed by atoms with Crippen molar-refractivity contribution in [1.82, 2.24) is 10.2 Å². The fourth-order valence-corrected chi connectivity index (χ4v) is 2.52. The lowest BCUT2D eigenvalue weighted by molar-refractivity contribution is -0.116. The number of amides is 1. The number of hydrogen-bond donors (Lipinski definition) is 2. The van der Waals surface area contributed by atoms with Gasteiger partial charge in [0.05, 0.1) is 12.6 Å². The van der Waals surface area contributed by atoms with Crippen molar-refractivity contribution in [3.8, 4) is 16.9 Å². The van der Waals surface area contributed by atoms with Crippen LogP contribution in [0.1, 0.15) is 19.8 Å². The molecule has 1 aromatic heterocycles. The monoisotopic (exact) mass is 309 g/mol. The molecule has 3 aromatic rings. The van der Waals surface area contributed by atoms with E-state index in [0.717, 1.165) is 34.2 Å². The summed E-state index contributed by atoms with van der Waals surface area (Å²) < 4.78 is 5.27. The van der Waals surface area contributed by atoms with Crippen molar-refractivity contribution in [2.24, 2.45) is 0 Å². The van der Waals surface area contributed by atoms with Crippen LogP contribution in [0.25, 0.3) is 22.0 Å². The summed E-state index contributed by atoms with van der Waals surface area (Å²) >= 11 is 0. The van der Waals surface area contributed by atoms with Gasteiger partial charge in [0.25, 0.3) is 0 Å². The molecule has 0 saturated heterocycles. The molecule has 5 nitrogen and oxygen atoms in total. The maximum atomic E-state index is 11.7. The average molecular weight is 309 g/mol. The SMILES string of the molecule is CCCC(=O)Nc1n[nH]c2cc(-c3cccc(OC)c3)ccc12. The second-order valence-electron chi connectivity index (χ2n) is 5.36. The van der Waals surface area contributed by atoms with Crippen molar-refractivity contribution in [1.29, 1.82) is 0 Å². The molecule has 0 spiro atoms. The third-order valence-electron chi connectivity index (χ3n) is 3.70. The van der Waals surface area contributed by atoms with Crippen LogP contribution in [0.3, 0.4) is 0 Å². The Bertz CT molecular complexity index is 839. The third-order valence-corrected chi connectivity index (χ3v) is 3.70. The fourth-order valence-electron chi connectivity index (χ4n) is 2.52. The average Bonchev–Trinajstić information content (AvgIpc) is 2.97. The normalized spacial score (nSPS) is 10.7. The first kappa shape index (κ1) is 15.1. The molecule has 0 fully saturated rings. The number of aromatic amines is 1. The number of anilines is 1. The standard InChI is InChI=1S/C18H19N3O2/c1-3-5-17(22)19-18-15-9-8-13(11-16(15)20-21-18)12-6-4-7-14(10-12)23-2/h4,6-11H,3,5H2,1-2H3,(H2,19,20,21,22). The van der Waals surface area contributed by atoms with Gasteiger partial charge < -0.3 is 10.1 Å². The van der Waals surface area contributed by atoms with Gasteiger partial charge in [-0.15, -0.1) is 0 Å². The van der Waals surface area contributed by atoms with Gasteiger partial charge in [-0.05, 0) is 41.8 Å². The molecular weight excluding hydrogens is 290 g/mol. The van der Waals surface area contributed by atoms with Gasteiger partial charge in [0.15, 0.2) is 5.82 Å².